The maximum atomic E-state index is 12.6. The lowest BCUT2D eigenvalue weighted by molar-refractivity contribution is -0.133. The number of rotatable bonds is 7. The van der Waals surface area contributed by atoms with Crippen molar-refractivity contribution in [2.24, 2.45) is 0 Å². The largest absolute Gasteiger partial charge is 0.373 e. The van der Waals surface area contributed by atoms with E-state index in [1.807, 2.05) is 0 Å². The van der Waals surface area contributed by atoms with Gasteiger partial charge in [-0.05, 0) is 32.6 Å². The third-order valence-electron chi connectivity index (χ3n) is 4.56. The molecule has 4 nitrogen and oxygen atoms in total. The Hall–Kier alpha value is -0.610. The Labute approximate surface area is 123 Å². The van der Waals surface area contributed by atoms with Crippen molar-refractivity contribution in [1.29, 1.82) is 0 Å². The van der Waals surface area contributed by atoms with E-state index in [9.17, 15) is 4.79 Å². The summed E-state index contributed by atoms with van der Waals surface area (Å²) in [5.41, 5.74) is -0.136. The van der Waals surface area contributed by atoms with Gasteiger partial charge in [-0.1, -0.05) is 33.1 Å². The van der Waals surface area contributed by atoms with Crippen LogP contribution in [0.4, 0.5) is 0 Å². The molecule has 20 heavy (non-hydrogen) atoms. The molecule has 2 aliphatic rings. The molecule has 2 heterocycles. The number of hydrogen-bond donors (Lipinski definition) is 1. The summed E-state index contributed by atoms with van der Waals surface area (Å²) in [5.74, 6) is 0.286. The minimum Gasteiger partial charge on any atom is -0.373 e. The van der Waals surface area contributed by atoms with Crippen LogP contribution in [0.3, 0.4) is 0 Å². The Kier molecular flexibility index (Phi) is 5.44. The number of hydrogen-bond acceptors (Lipinski definition) is 3. The molecular formula is C16H30N2O2. The smallest absolute Gasteiger partial charge is 0.241 e. The van der Waals surface area contributed by atoms with E-state index in [0.29, 0.717) is 0 Å². The molecule has 1 amide bonds. The van der Waals surface area contributed by atoms with E-state index in [-0.39, 0.29) is 23.7 Å². The molecule has 0 aromatic heterocycles. The fourth-order valence-electron chi connectivity index (χ4n) is 3.38. The average molecular weight is 282 g/mol. The summed E-state index contributed by atoms with van der Waals surface area (Å²) in [6.07, 6.45) is 7.73. The van der Waals surface area contributed by atoms with Crippen molar-refractivity contribution >= 4 is 5.91 Å². The second-order valence-electron chi connectivity index (χ2n) is 6.53. The zero-order valence-corrected chi connectivity index (χ0v) is 13.3. The van der Waals surface area contributed by atoms with Crippen LogP contribution in [0.2, 0.25) is 0 Å². The number of carbonyl (C=O) groups excluding carboxylic acids is 1. The molecule has 3 atom stereocenters. The van der Waals surface area contributed by atoms with Crippen molar-refractivity contribution < 1.29 is 9.53 Å². The summed E-state index contributed by atoms with van der Waals surface area (Å²) in [5, 5.41) is 3.54. The molecule has 2 fully saturated rings. The average Bonchev–Trinajstić information content (AvgIpc) is 2.96. The van der Waals surface area contributed by atoms with Crippen molar-refractivity contribution in [1.82, 2.24) is 10.2 Å². The Morgan fingerprint density at radius 1 is 1.35 bits per heavy atom. The normalized spacial score (nSPS) is 34.1. The number of amides is 1. The van der Waals surface area contributed by atoms with Gasteiger partial charge in [-0.3, -0.25) is 10.1 Å². The first-order valence-electron chi connectivity index (χ1n) is 8.30. The lowest BCUT2D eigenvalue weighted by Gasteiger charge is -2.32. The van der Waals surface area contributed by atoms with E-state index in [1.165, 1.54) is 0 Å². The van der Waals surface area contributed by atoms with Crippen molar-refractivity contribution in [2.45, 2.75) is 83.5 Å². The Balaban J connectivity index is 2.01. The highest BCUT2D eigenvalue weighted by Gasteiger charge is 2.42. The molecule has 0 bridgehead atoms. The van der Waals surface area contributed by atoms with Gasteiger partial charge in [-0.15, -0.1) is 0 Å². The van der Waals surface area contributed by atoms with Crippen LogP contribution in [-0.4, -0.2) is 41.8 Å². The predicted octanol–water partition coefficient (Wildman–Crippen LogP) is 2.67. The number of ether oxygens (including phenoxy) is 1. The van der Waals surface area contributed by atoms with E-state index in [1.54, 1.807) is 0 Å². The molecule has 0 radical (unpaired) electrons. The molecule has 3 unspecified atom stereocenters. The minimum absolute atomic E-state index is 0.0245. The fraction of sp³-hybridized carbons (Fsp3) is 0.938. The molecule has 0 spiro atoms. The molecule has 0 aliphatic carbocycles. The Morgan fingerprint density at radius 3 is 2.75 bits per heavy atom. The Bertz CT molecular complexity index is 326. The highest BCUT2D eigenvalue weighted by Crippen LogP contribution is 2.29. The zero-order valence-electron chi connectivity index (χ0n) is 13.3. The van der Waals surface area contributed by atoms with Crippen molar-refractivity contribution in [2.75, 3.05) is 13.2 Å². The third kappa shape index (κ3) is 3.53. The van der Waals surface area contributed by atoms with E-state index in [4.69, 9.17) is 4.74 Å². The van der Waals surface area contributed by atoms with Gasteiger partial charge in [0.2, 0.25) is 5.91 Å². The maximum Gasteiger partial charge on any atom is 0.241 e. The second-order valence-corrected chi connectivity index (χ2v) is 6.53. The number of nitrogens with one attached hydrogen (secondary N) is 1. The first kappa shape index (κ1) is 15.8. The van der Waals surface area contributed by atoms with Gasteiger partial charge in [0, 0.05) is 6.61 Å². The van der Waals surface area contributed by atoms with Crippen LogP contribution in [0.1, 0.15) is 65.7 Å². The van der Waals surface area contributed by atoms with Gasteiger partial charge in [0.15, 0.2) is 0 Å². The van der Waals surface area contributed by atoms with Crippen LogP contribution in [0.5, 0.6) is 0 Å². The molecule has 4 heteroatoms. The number of unbranched alkanes of at least 4 members (excludes halogenated alkanes) is 1. The third-order valence-corrected chi connectivity index (χ3v) is 4.56. The van der Waals surface area contributed by atoms with Crippen LogP contribution in [0.25, 0.3) is 0 Å². The van der Waals surface area contributed by atoms with Crippen LogP contribution < -0.4 is 5.32 Å². The first-order chi connectivity index (χ1) is 9.59. The summed E-state index contributed by atoms with van der Waals surface area (Å²) in [4.78, 5) is 14.7. The predicted molar refractivity (Wildman–Crippen MR) is 80.4 cm³/mol. The van der Waals surface area contributed by atoms with E-state index < -0.39 is 0 Å². The van der Waals surface area contributed by atoms with E-state index >= 15 is 0 Å². The maximum absolute atomic E-state index is 12.6. The summed E-state index contributed by atoms with van der Waals surface area (Å²) < 4.78 is 5.87. The van der Waals surface area contributed by atoms with Crippen molar-refractivity contribution in [3.63, 3.8) is 0 Å². The second kappa shape index (κ2) is 6.90. The zero-order chi connectivity index (χ0) is 14.6. The Morgan fingerprint density at radius 2 is 2.15 bits per heavy atom. The summed E-state index contributed by atoms with van der Waals surface area (Å²) in [6.45, 7) is 8.08. The lowest BCUT2D eigenvalue weighted by atomic mass is 10.0. The van der Waals surface area contributed by atoms with Gasteiger partial charge in [0.05, 0.1) is 24.4 Å². The molecule has 116 valence electrons. The van der Waals surface area contributed by atoms with Crippen LogP contribution >= 0.6 is 0 Å². The molecule has 2 rings (SSSR count). The number of nitrogens with zero attached hydrogens (tertiary/aromatic N) is 1. The van der Waals surface area contributed by atoms with Gasteiger partial charge < -0.3 is 9.64 Å². The molecule has 2 aliphatic heterocycles. The standard InChI is InChI=1S/C16H30N2O2/c1-4-6-9-13-15(19)18(14(17-13)8-5-2)12-16(3)10-7-11-20-16/h13-14,17H,4-12H2,1-3H3. The molecule has 1 N–H and O–H groups in total. The van der Waals surface area contributed by atoms with E-state index in [0.717, 1.165) is 58.1 Å². The summed E-state index contributed by atoms with van der Waals surface area (Å²) in [6, 6.07) is 0.0245. The lowest BCUT2D eigenvalue weighted by Crippen LogP contribution is -2.46. The van der Waals surface area contributed by atoms with Gasteiger partial charge >= 0.3 is 0 Å². The quantitative estimate of drug-likeness (QED) is 0.780. The molecular weight excluding hydrogens is 252 g/mol. The monoisotopic (exact) mass is 282 g/mol. The highest BCUT2D eigenvalue weighted by molar-refractivity contribution is 5.84. The molecule has 0 aromatic carbocycles. The molecule has 0 saturated carbocycles. The number of carbonyl (C=O) groups is 1. The fourth-order valence-corrected chi connectivity index (χ4v) is 3.38. The molecule has 2 saturated heterocycles. The summed E-state index contributed by atoms with van der Waals surface area (Å²) >= 11 is 0. The summed E-state index contributed by atoms with van der Waals surface area (Å²) in [7, 11) is 0. The highest BCUT2D eigenvalue weighted by atomic mass is 16.5. The SMILES string of the molecule is CCCCC1NC(CCC)N(CC2(C)CCCO2)C1=O. The molecule has 0 aromatic rings. The van der Waals surface area contributed by atoms with Gasteiger partial charge in [0.25, 0.3) is 0 Å². The van der Waals surface area contributed by atoms with Crippen LogP contribution in [-0.2, 0) is 9.53 Å². The van der Waals surface area contributed by atoms with E-state index in [2.05, 4.69) is 31.0 Å². The van der Waals surface area contributed by atoms with Gasteiger partial charge in [-0.25, -0.2) is 0 Å². The van der Waals surface area contributed by atoms with Gasteiger partial charge in [0.1, 0.15) is 0 Å². The first-order valence-corrected chi connectivity index (χ1v) is 8.30. The minimum atomic E-state index is -0.136. The van der Waals surface area contributed by atoms with Gasteiger partial charge in [-0.2, -0.15) is 0 Å². The van der Waals surface area contributed by atoms with Crippen LogP contribution in [0, 0.1) is 0 Å². The van der Waals surface area contributed by atoms with Crippen molar-refractivity contribution in [3.05, 3.63) is 0 Å². The topological polar surface area (TPSA) is 41.6 Å². The van der Waals surface area contributed by atoms with Crippen LogP contribution in [0.15, 0.2) is 0 Å². The van der Waals surface area contributed by atoms with Crippen molar-refractivity contribution in [3.8, 4) is 0 Å².